The van der Waals surface area contributed by atoms with E-state index in [0.717, 1.165) is 29.6 Å². The van der Waals surface area contributed by atoms with E-state index >= 15 is 0 Å². The summed E-state index contributed by atoms with van der Waals surface area (Å²) in [7, 11) is 0. The highest BCUT2D eigenvalue weighted by Crippen LogP contribution is 2.56. The molecule has 1 fully saturated rings. The van der Waals surface area contributed by atoms with Gasteiger partial charge in [0.2, 0.25) is 0 Å². The molecule has 0 radical (unpaired) electrons. The van der Waals surface area contributed by atoms with Gasteiger partial charge in [-0.2, -0.15) is 4.37 Å². The van der Waals surface area contributed by atoms with Crippen LogP contribution in [0.15, 0.2) is 18.2 Å². The lowest BCUT2D eigenvalue weighted by Gasteiger charge is -2.30. The van der Waals surface area contributed by atoms with E-state index in [1.165, 1.54) is 17.0 Å². The van der Waals surface area contributed by atoms with E-state index in [1.807, 2.05) is 0 Å². The van der Waals surface area contributed by atoms with Crippen LogP contribution in [0.25, 0.3) is 0 Å². The van der Waals surface area contributed by atoms with Crippen LogP contribution in [0.2, 0.25) is 0 Å². The maximum absolute atomic E-state index is 4.66. The second-order valence-electron chi connectivity index (χ2n) is 6.60. The van der Waals surface area contributed by atoms with Gasteiger partial charge in [0.05, 0.1) is 5.69 Å². The van der Waals surface area contributed by atoms with Crippen LogP contribution in [0.3, 0.4) is 0 Å². The molecule has 1 nitrogen and oxygen atoms in total. The van der Waals surface area contributed by atoms with Crippen molar-refractivity contribution in [1.82, 2.24) is 4.37 Å². The Morgan fingerprint density at radius 3 is 2.50 bits per heavy atom. The lowest BCUT2D eigenvalue weighted by Crippen LogP contribution is -2.22. The monoisotopic (exact) mass is 261 g/mol. The number of nitrogens with zero attached hydrogens (tertiary/aromatic N) is 1. The van der Waals surface area contributed by atoms with Gasteiger partial charge in [0.1, 0.15) is 0 Å². The third-order valence-corrected chi connectivity index (χ3v) is 5.66. The number of aromatic nitrogens is 1. The first-order valence-corrected chi connectivity index (χ1v) is 8.00. The molecule has 2 heteroatoms. The van der Waals surface area contributed by atoms with Gasteiger partial charge in [0, 0.05) is 10.8 Å². The van der Waals surface area contributed by atoms with Crippen LogP contribution in [0.1, 0.15) is 56.5 Å². The van der Waals surface area contributed by atoms with Crippen molar-refractivity contribution in [3.8, 4) is 0 Å². The molecule has 0 N–H and O–H groups in total. The SMILES string of the molecule is CC(C)c1cc(C2C3C=CC(C3)C2C(C)C)sn1. The Kier molecular flexibility index (Phi) is 3.09. The fraction of sp³-hybridized carbons (Fsp3) is 0.688. The minimum Gasteiger partial charge on any atom is -0.197 e. The van der Waals surface area contributed by atoms with Gasteiger partial charge in [-0.3, -0.25) is 0 Å². The molecule has 0 aromatic carbocycles. The summed E-state index contributed by atoms with van der Waals surface area (Å²) >= 11 is 1.75. The van der Waals surface area contributed by atoms with Gasteiger partial charge in [0.25, 0.3) is 0 Å². The van der Waals surface area contributed by atoms with E-state index in [0.29, 0.717) is 5.92 Å². The average molecular weight is 261 g/mol. The van der Waals surface area contributed by atoms with Crippen LogP contribution >= 0.6 is 11.5 Å². The van der Waals surface area contributed by atoms with Crippen molar-refractivity contribution < 1.29 is 0 Å². The fourth-order valence-corrected chi connectivity index (χ4v) is 5.00. The molecule has 0 spiro atoms. The highest BCUT2D eigenvalue weighted by Gasteiger charge is 2.46. The van der Waals surface area contributed by atoms with E-state index in [4.69, 9.17) is 0 Å². The number of hydrogen-bond acceptors (Lipinski definition) is 2. The van der Waals surface area contributed by atoms with Gasteiger partial charge in [-0.05, 0) is 53.6 Å². The maximum atomic E-state index is 4.66. The molecule has 0 amide bonds. The summed E-state index contributed by atoms with van der Waals surface area (Å²) in [4.78, 5) is 1.54. The van der Waals surface area contributed by atoms with Gasteiger partial charge < -0.3 is 0 Å². The second-order valence-corrected chi connectivity index (χ2v) is 7.44. The highest BCUT2D eigenvalue weighted by atomic mass is 32.1. The number of hydrogen-bond donors (Lipinski definition) is 0. The quantitative estimate of drug-likeness (QED) is 0.710. The highest BCUT2D eigenvalue weighted by molar-refractivity contribution is 7.05. The van der Waals surface area contributed by atoms with Crippen LogP contribution < -0.4 is 0 Å². The Labute approximate surface area is 114 Å². The first kappa shape index (κ1) is 12.4. The number of allylic oxidation sites excluding steroid dienone is 2. The molecule has 1 saturated carbocycles. The lowest BCUT2D eigenvalue weighted by atomic mass is 9.75. The predicted molar refractivity (Wildman–Crippen MR) is 78.0 cm³/mol. The lowest BCUT2D eigenvalue weighted by molar-refractivity contribution is 0.296. The minimum atomic E-state index is 0.557. The third kappa shape index (κ3) is 1.85. The maximum Gasteiger partial charge on any atom is 0.0570 e. The Balaban J connectivity index is 1.92. The Morgan fingerprint density at radius 1 is 1.17 bits per heavy atom. The van der Waals surface area contributed by atoms with Crippen molar-refractivity contribution in [3.63, 3.8) is 0 Å². The summed E-state index contributed by atoms with van der Waals surface area (Å²) in [6.07, 6.45) is 6.31. The number of fused-ring (bicyclic) bond motifs is 2. The molecule has 2 aliphatic carbocycles. The van der Waals surface area contributed by atoms with Crippen molar-refractivity contribution >= 4 is 11.5 Å². The summed E-state index contributed by atoms with van der Waals surface area (Å²) in [6.45, 7) is 9.24. The van der Waals surface area contributed by atoms with Crippen molar-refractivity contribution in [1.29, 1.82) is 0 Å². The van der Waals surface area contributed by atoms with E-state index in [2.05, 4.69) is 50.3 Å². The molecule has 3 rings (SSSR count). The van der Waals surface area contributed by atoms with Crippen molar-refractivity contribution in [3.05, 3.63) is 28.8 Å². The van der Waals surface area contributed by atoms with E-state index in [-0.39, 0.29) is 0 Å². The third-order valence-electron chi connectivity index (χ3n) is 4.76. The van der Waals surface area contributed by atoms with Crippen molar-refractivity contribution in [2.75, 3.05) is 0 Å². The normalized spacial score (nSPS) is 34.1. The van der Waals surface area contributed by atoms with E-state index < -0.39 is 0 Å². The Bertz CT molecular complexity index is 457. The smallest absolute Gasteiger partial charge is 0.0570 e. The Morgan fingerprint density at radius 2 is 1.89 bits per heavy atom. The summed E-state index contributed by atoms with van der Waals surface area (Å²) in [6, 6.07) is 2.38. The van der Waals surface area contributed by atoms with Crippen LogP contribution in [-0.2, 0) is 0 Å². The van der Waals surface area contributed by atoms with Crippen molar-refractivity contribution in [2.45, 2.75) is 46.0 Å². The molecule has 98 valence electrons. The second kappa shape index (κ2) is 4.48. The van der Waals surface area contributed by atoms with Crippen LogP contribution in [-0.4, -0.2) is 4.37 Å². The van der Waals surface area contributed by atoms with Gasteiger partial charge in [-0.15, -0.1) is 0 Å². The zero-order valence-corrected chi connectivity index (χ0v) is 12.6. The van der Waals surface area contributed by atoms with Gasteiger partial charge >= 0.3 is 0 Å². The molecular formula is C16H23NS. The predicted octanol–water partition coefficient (Wildman–Crippen LogP) is 4.83. The van der Waals surface area contributed by atoms with Crippen LogP contribution in [0.4, 0.5) is 0 Å². The summed E-state index contributed by atoms with van der Waals surface area (Å²) in [5.74, 6) is 4.51. The molecule has 2 aliphatic rings. The Hall–Kier alpha value is -0.630. The largest absolute Gasteiger partial charge is 0.197 e. The van der Waals surface area contributed by atoms with Gasteiger partial charge in [0.15, 0.2) is 0 Å². The standard InChI is InChI=1S/C16H23NS/c1-9(2)13-8-14(18-17-13)16-12-6-5-11(7-12)15(16)10(3)4/h5-6,8-12,15-16H,7H2,1-4H3. The zero-order chi connectivity index (χ0) is 12.9. The summed E-state index contributed by atoms with van der Waals surface area (Å²) in [5.41, 5.74) is 1.28. The minimum absolute atomic E-state index is 0.557. The summed E-state index contributed by atoms with van der Waals surface area (Å²) < 4.78 is 4.66. The first-order chi connectivity index (χ1) is 8.58. The van der Waals surface area contributed by atoms with Gasteiger partial charge in [-0.25, -0.2) is 0 Å². The molecule has 4 unspecified atom stereocenters. The molecular weight excluding hydrogens is 238 g/mol. The fourth-order valence-electron chi connectivity index (χ4n) is 3.90. The summed E-state index contributed by atoms with van der Waals surface area (Å²) in [5, 5.41) is 0. The molecule has 2 bridgehead atoms. The molecule has 1 aromatic heterocycles. The molecule has 18 heavy (non-hydrogen) atoms. The average Bonchev–Trinajstić information content (AvgIpc) is 3.02. The number of rotatable bonds is 3. The molecule has 1 aromatic rings. The molecule has 0 saturated heterocycles. The first-order valence-electron chi connectivity index (χ1n) is 7.22. The topological polar surface area (TPSA) is 12.9 Å². The van der Waals surface area contributed by atoms with Gasteiger partial charge in [-0.1, -0.05) is 39.8 Å². The van der Waals surface area contributed by atoms with E-state index in [1.54, 1.807) is 11.5 Å². The van der Waals surface area contributed by atoms with Crippen molar-refractivity contribution in [2.24, 2.45) is 23.7 Å². The molecule has 1 heterocycles. The van der Waals surface area contributed by atoms with Crippen LogP contribution in [0.5, 0.6) is 0 Å². The van der Waals surface area contributed by atoms with Crippen LogP contribution in [0, 0.1) is 23.7 Å². The zero-order valence-electron chi connectivity index (χ0n) is 11.8. The molecule has 4 atom stereocenters. The molecule has 0 aliphatic heterocycles. The van der Waals surface area contributed by atoms with E-state index in [9.17, 15) is 0 Å².